The number of hydrogen-bond donors (Lipinski definition) is 1. The van der Waals surface area contributed by atoms with Crippen LogP contribution in [0, 0.1) is 11.8 Å². The second kappa shape index (κ2) is 7.68. The number of imide groups is 1. The summed E-state index contributed by atoms with van der Waals surface area (Å²) in [5.74, 6) is -1.83. The Bertz CT molecular complexity index is 784. The predicted molar refractivity (Wildman–Crippen MR) is 100 cm³/mol. The van der Waals surface area contributed by atoms with Crippen LogP contribution < -0.4 is 5.32 Å². The second-order valence-electron chi connectivity index (χ2n) is 7.20. The molecule has 0 spiro atoms. The van der Waals surface area contributed by atoms with Crippen molar-refractivity contribution in [3.8, 4) is 0 Å². The van der Waals surface area contributed by atoms with Crippen LogP contribution in [0.1, 0.15) is 36.0 Å². The van der Waals surface area contributed by atoms with E-state index in [0.29, 0.717) is 18.5 Å². The van der Waals surface area contributed by atoms with Crippen molar-refractivity contribution >= 4 is 40.9 Å². The number of nitrogens with zero attached hydrogens (tertiary/aromatic N) is 2. The first-order valence-electron chi connectivity index (χ1n) is 8.96. The molecule has 0 bridgehead atoms. The Morgan fingerprint density at radius 1 is 1.15 bits per heavy atom. The maximum Gasteiger partial charge on any atom is 0.254 e. The molecule has 7 nitrogen and oxygen atoms in total. The number of benzene rings is 1. The molecule has 8 heteroatoms. The lowest BCUT2D eigenvalue weighted by Crippen LogP contribution is -2.38. The zero-order chi connectivity index (χ0) is 19.7. The smallest absolute Gasteiger partial charge is 0.254 e. The molecule has 0 aromatic heterocycles. The highest BCUT2D eigenvalue weighted by Crippen LogP contribution is 2.37. The topological polar surface area (TPSA) is 86.8 Å². The van der Waals surface area contributed by atoms with E-state index in [-0.39, 0.29) is 46.7 Å². The molecular weight excluding hydrogens is 370 g/mol. The van der Waals surface area contributed by atoms with Gasteiger partial charge in [-0.2, -0.15) is 0 Å². The first-order valence-corrected chi connectivity index (χ1v) is 9.33. The summed E-state index contributed by atoms with van der Waals surface area (Å²) in [7, 11) is 3.21. The van der Waals surface area contributed by atoms with Crippen molar-refractivity contribution in [2.75, 3.05) is 26.0 Å². The lowest BCUT2D eigenvalue weighted by Gasteiger charge is -2.19. The molecule has 3 rings (SSSR count). The van der Waals surface area contributed by atoms with Gasteiger partial charge in [-0.15, -0.1) is 0 Å². The van der Waals surface area contributed by atoms with Crippen LogP contribution in [0.5, 0.6) is 0 Å². The van der Waals surface area contributed by atoms with Gasteiger partial charge in [-0.1, -0.05) is 24.4 Å². The van der Waals surface area contributed by atoms with Gasteiger partial charge < -0.3 is 10.2 Å². The standard InChI is InChI=1S/C19H22ClN3O4/c1-22(2)17(25)14-9-11(7-8-15(14)20)21-16(24)10-23-18(26)12-5-3-4-6-13(12)19(23)27/h7-9,12-13H,3-6,10H2,1-2H3,(H,21,24). The average molecular weight is 392 g/mol. The van der Waals surface area contributed by atoms with Crippen molar-refractivity contribution in [3.05, 3.63) is 28.8 Å². The molecule has 1 aromatic carbocycles. The van der Waals surface area contributed by atoms with Crippen LogP contribution >= 0.6 is 11.6 Å². The molecule has 1 N–H and O–H groups in total. The minimum atomic E-state index is -0.485. The van der Waals surface area contributed by atoms with Gasteiger partial charge in [0.15, 0.2) is 0 Å². The van der Waals surface area contributed by atoms with Gasteiger partial charge in [-0.3, -0.25) is 24.1 Å². The molecule has 1 saturated carbocycles. The molecular formula is C19H22ClN3O4. The number of hydrogen-bond acceptors (Lipinski definition) is 4. The van der Waals surface area contributed by atoms with Crippen LogP contribution in [-0.2, 0) is 14.4 Å². The van der Waals surface area contributed by atoms with E-state index in [4.69, 9.17) is 11.6 Å². The van der Waals surface area contributed by atoms with Gasteiger partial charge in [0.25, 0.3) is 5.91 Å². The third-order valence-corrected chi connectivity index (χ3v) is 5.45. The maximum absolute atomic E-state index is 12.5. The Labute approximate surface area is 162 Å². The van der Waals surface area contributed by atoms with Gasteiger partial charge in [-0.05, 0) is 31.0 Å². The first kappa shape index (κ1) is 19.4. The average Bonchev–Trinajstić information content (AvgIpc) is 2.88. The summed E-state index contributed by atoms with van der Waals surface area (Å²) in [5.41, 5.74) is 0.643. The van der Waals surface area contributed by atoms with Crippen LogP contribution in [0.2, 0.25) is 5.02 Å². The SMILES string of the molecule is CN(C)C(=O)c1cc(NC(=O)CN2C(=O)C3CCCCC3C2=O)ccc1Cl. The fourth-order valence-corrected chi connectivity index (χ4v) is 3.94. The zero-order valence-electron chi connectivity index (χ0n) is 15.3. The molecule has 1 saturated heterocycles. The van der Waals surface area contributed by atoms with E-state index < -0.39 is 5.91 Å². The molecule has 27 heavy (non-hydrogen) atoms. The van der Waals surface area contributed by atoms with Crippen molar-refractivity contribution in [2.45, 2.75) is 25.7 Å². The van der Waals surface area contributed by atoms with E-state index in [0.717, 1.165) is 17.7 Å². The van der Waals surface area contributed by atoms with Gasteiger partial charge in [0.2, 0.25) is 17.7 Å². The van der Waals surface area contributed by atoms with Crippen molar-refractivity contribution in [1.82, 2.24) is 9.80 Å². The number of rotatable bonds is 4. The summed E-state index contributed by atoms with van der Waals surface area (Å²) in [6, 6.07) is 4.57. The van der Waals surface area contributed by atoms with E-state index in [1.807, 2.05) is 0 Å². The number of carbonyl (C=O) groups excluding carboxylic acids is 4. The number of anilines is 1. The van der Waals surface area contributed by atoms with E-state index in [2.05, 4.69) is 5.32 Å². The van der Waals surface area contributed by atoms with E-state index in [1.54, 1.807) is 20.2 Å². The number of amides is 4. The van der Waals surface area contributed by atoms with Crippen molar-refractivity contribution in [3.63, 3.8) is 0 Å². The van der Waals surface area contributed by atoms with E-state index >= 15 is 0 Å². The normalized spacial score (nSPS) is 21.8. The maximum atomic E-state index is 12.5. The van der Waals surface area contributed by atoms with Crippen LogP contribution in [0.25, 0.3) is 0 Å². The number of likely N-dealkylation sites (tertiary alicyclic amines) is 1. The minimum absolute atomic E-state index is 0.251. The lowest BCUT2D eigenvalue weighted by atomic mass is 9.81. The van der Waals surface area contributed by atoms with Crippen LogP contribution in [0.15, 0.2) is 18.2 Å². The predicted octanol–water partition coefficient (Wildman–Crippen LogP) is 2.16. The number of nitrogens with one attached hydrogen (secondary N) is 1. The largest absolute Gasteiger partial charge is 0.345 e. The Kier molecular flexibility index (Phi) is 5.51. The van der Waals surface area contributed by atoms with Crippen LogP contribution in [-0.4, -0.2) is 54.1 Å². The second-order valence-corrected chi connectivity index (χ2v) is 7.61. The van der Waals surface area contributed by atoms with Crippen molar-refractivity contribution < 1.29 is 19.2 Å². The summed E-state index contributed by atoms with van der Waals surface area (Å²) in [6.07, 6.45) is 3.29. The molecule has 2 unspecified atom stereocenters. The molecule has 1 aliphatic heterocycles. The third-order valence-electron chi connectivity index (χ3n) is 5.12. The molecule has 1 aromatic rings. The van der Waals surface area contributed by atoms with Crippen molar-refractivity contribution in [2.24, 2.45) is 11.8 Å². The van der Waals surface area contributed by atoms with Gasteiger partial charge in [-0.25, -0.2) is 0 Å². The summed E-state index contributed by atoms with van der Waals surface area (Å²) in [4.78, 5) is 51.9. The molecule has 0 radical (unpaired) electrons. The van der Waals surface area contributed by atoms with E-state index in [1.165, 1.54) is 17.0 Å². The fourth-order valence-electron chi connectivity index (χ4n) is 3.74. The molecule has 2 aliphatic rings. The molecule has 144 valence electrons. The monoisotopic (exact) mass is 391 g/mol. The van der Waals surface area contributed by atoms with Gasteiger partial charge in [0, 0.05) is 19.8 Å². The summed E-state index contributed by atoms with van der Waals surface area (Å²) < 4.78 is 0. The highest BCUT2D eigenvalue weighted by Gasteiger charge is 2.48. The molecule has 1 heterocycles. The molecule has 2 fully saturated rings. The van der Waals surface area contributed by atoms with Gasteiger partial charge >= 0.3 is 0 Å². The molecule has 1 aliphatic carbocycles. The highest BCUT2D eigenvalue weighted by molar-refractivity contribution is 6.34. The quantitative estimate of drug-likeness (QED) is 0.797. The fraction of sp³-hybridized carbons (Fsp3) is 0.474. The summed E-state index contributed by atoms with van der Waals surface area (Å²) >= 11 is 6.06. The van der Waals surface area contributed by atoms with Gasteiger partial charge in [0.05, 0.1) is 22.4 Å². The van der Waals surface area contributed by atoms with Crippen LogP contribution in [0.3, 0.4) is 0 Å². The van der Waals surface area contributed by atoms with E-state index in [9.17, 15) is 19.2 Å². The summed E-state index contributed by atoms with van der Waals surface area (Å²) in [6.45, 7) is -0.315. The van der Waals surface area contributed by atoms with Crippen LogP contribution in [0.4, 0.5) is 5.69 Å². The highest BCUT2D eigenvalue weighted by atomic mass is 35.5. The Morgan fingerprint density at radius 3 is 2.30 bits per heavy atom. The third kappa shape index (κ3) is 3.83. The van der Waals surface area contributed by atoms with Crippen molar-refractivity contribution in [1.29, 1.82) is 0 Å². The number of fused-ring (bicyclic) bond motifs is 1. The minimum Gasteiger partial charge on any atom is -0.345 e. The molecule has 4 amide bonds. The number of carbonyl (C=O) groups is 4. The Hall–Kier alpha value is -2.41. The van der Waals surface area contributed by atoms with Gasteiger partial charge in [0.1, 0.15) is 6.54 Å². The number of halogens is 1. The lowest BCUT2D eigenvalue weighted by molar-refractivity contribution is -0.142. The Morgan fingerprint density at radius 2 is 1.74 bits per heavy atom. The molecule has 2 atom stereocenters. The zero-order valence-corrected chi connectivity index (χ0v) is 16.1. The first-order chi connectivity index (χ1) is 12.8. The summed E-state index contributed by atoms with van der Waals surface area (Å²) in [5, 5.41) is 2.92. The Balaban J connectivity index is 1.69.